The predicted molar refractivity (Wildman–Crippen MR) is 47.1 cm³/mol. The highest BCUT2D eigenvalue weighted by Gasteiger charge is 2.21. The summed E-state index contributed by atoms with van der Waals surface area (Å²) in [6, 6.07) is 0.872. The van der Waals surface area contributed by atoms with Crippen molar-refractivity contribution in [3.63, 3.8) is 0 Å². The summed E-state index contributed by atoms with van der Waals surface area (Å²) in [7, 11) is 0. The van der Waals surface area contributed by atoms with Crippen LogP contribution >= 0.6 is 11.6 Å². The molecule has 76 valence electrons. The van der Waals surface area contributed by atoms with Gasteiger partial charge in [-0.05, 0) is 6.07 Å². The number of carbonyl (C=O) groups excluding carboxylic acids is 1. The highest BCUT2D eigenvalue weighted by atomic mass is 35.5. The van der Waals surface area contributed by atoms with Crippen LogP contribution in [-0.4, -0.2) is 10.9 Å². The van der Waals surface area contributed by atoms with Gasteiger partial charge in [0.2, 0.25) is 0 Å². The van der Waals surface area contributed by atoms with Gasteiger partial charge in [-0.15, -0.1) is 0 Å². The van der Waals surface area contributed by atoms with E-state index in [1.165, 1.54) is 0 Å². The number of primary amides is 1. The Morgan fingerprint density at radius 2 is 2.14 bits per heavy atom. The van der Waals surface area contributed by atoms with Gasteiger partial charge in [0.25, 0.3) is 12.3 Å². The van der Waals surface area contributed by atoms with Crippen LogP contribution in [0.2, 0.25) is 5.15 Å². The van der Waals surface area contributed by atoms with Crippen LogP contribution < -0.4 is 11.5 Å². The molecule has 0 spiro atoms. The molecule has 7 heteroatoms. The van der Waals surface area contributed by atoms with E-state index in [-0.39, 0.29) is 5.82 Å². The maximum atomic E-state index is 12.4. The van der Waals surface area contributed by atoms with Crippen molar-refractivity contribution in [1.29, 1.82) is 0 Å². The minimum Gasteiger partial charge on any atom is -0.384 e. The van der Waals surface area contributed by atoms with Gasteiger partial charge >= 0.3 is 0 Å². The first kappa shape index (κ1) is 10.6. The first-order chi connectivity index (χ1) is 6.43. The van der Waals surface area contributed by atoms with Gasteiger partial charge < -0.3 is 11.5 Å². The summed E-state index contributed by atoms with van der Waals surface area (Å²) in [6.07, 6.45) is -2.87. The van der Waals surface area contributed by atoms with E-state index in [4.69, 9.17) is 23.1 Å². The minimum absolute atomic E-state index is 0.185. The summed E-state index contributed by atoms with van der Waals surface area (Å²) in [5, 5.41) is -0.409. The molecule has 0 fully saturated rings. The molecular weight excluding hydrogens is 216 g/mol. The van der Waals surface area contributed by atoms with Gasteiger partial charge in [0.15, 0.2) is 0 Å². The van der Waals surface area contributed by atoms with E-state index in [1.54, 1.807) is 0 Å². The third kappa shape index (κ3) is 1.90. The fourth-order valence-electron chi connectivity index (χ4n) is 0.968. The molecule has 0 aliphatic carbocycles. The Morgan fingerprint density at radius 3 is 2.57 bits per heavy atom. The number of amides is 1. The van der Waals surface area contributed by atoms with Crippen molar-refractivity contribution >= 4 is 23.3 Å². The molecule has 0 aliphatic rings. The Hall–Kier alpha value is -1.43. The van der Waals surface area contributed by atoms with Crippen LogP contribution in [0.1, 0.15) is 22.3 Å². The van der Waals surface area contributed by atoms with Gasteiger partial charge in [-0.25, -0.2) is 13.8 Å². The first-order valence-corrected chi connectivity index (χ1v) is 3.85. The Balaban J connectivity index is 3.44. The van der Waals surface area contributed by atoms with Crippen LogP contribution in [0, 0.1) is 0 Å². The highest BCUT2D eigenvalue weighted by molar-refractivity contribution is 6.33. The number of anilines is 1. The van der Waals surface area contributed by atoms with E-state index < -0.39 is 28.6 Å². The number of nitrogen functional groups attached to an aromatic ring is 1. The summed E-state index contributed by atoms with van der Waals surface area (Å²) in [5.74, 6) is -1.24. The number of carbonyl (C=O) groups is 1. The fraction of sp³-hybridized carbons (Fsp3) is 0.143. The van der Waals surface area contributed by atoms with Crippen LogP contribution in [0.3, 0.4) is 0 Å². The quantitative estimate of drug-likeness (QED) is 0.740. The van der Waals surface area contributed by atoms with Gasteiger partial charge in [-0.1, -0.05) is 11.6 Å². The second-order valence-corrected chi connectivity index (χ2v) is 2.83. The van der Waals surface area contributed by atoms with Gasteiger partial charge in [-0.3, -0.25) is 4.79 Å². The van der Waals surface area contributed by atoms with Gasteiger partial charge in [0.1, 0.15) is 11.0 Å². The average Bonchev–Trinajstić information content (AvgIpc) is 2.01. The molecule has 0 bridgehead atoms. The lowest BCUT2D eigenvalue weighted by Crippen LogP contribution is -2.16. The number of nitrogens with zero attached hydrogens (tertiary/aromatic N) is 1. The second kappa shape index (κ2) is 3.75. The average molecular weight is 222 g/mol. The van der Waals surface area contributed by atoms with Crippen molar-refractivity contribution in [2.24, 2.45) is 5.73 Å². The summed E-state index contributed by atoms with van der Waals surface area (Å²) in [4.78, 5) is 14.2. The van der Waals surface area contributed by atoms with E-state index in [2.05, 4.69) is 4.98 Å². The summed E-state index contributed by atoms with van der Waals surface area (Å²) in [6.45, 7) is 0. The third-order valence-electron chi connectivity index (χ3n) is 1.51. The van der Waals surface area contributed by atoms with Crippen LogP contribution in [-0.2, 0) is 0 Å². The number of aromatic nitrogens is 1. The molecule has 0 aliphatic heterocycles. The molecule has 0 unspecified atom stereocenters. The molecule has 1 aromatic heterocycles. The second-order valence-electron chi connectivity index (χ2n) is 2.47. The monoisotopic (exact) mass is 221 g/mol. The van der Waals surface area contributed by atoms with Crippen molar-refractivity contribution in [2.45, 2.75) is 6.43 Å². The molecule has 0 saturated heterocycles. The van der Waals surface area contributed by atoms with E-state index in [1.807, 2.05) is 0 Å². The van der Waals surface area contributed by atoms with Crippen LogP contribution in [0.4, 0.5) is 14.6 Å². The van der Waals surface area contributed by atoms with Crippen LogP contribution in [0.5, 0.6) is 0 Å². The zero-order valence-electron chi connectivity index (χ0n) is 6.80. The van der Waals surface area contributed by atoms with E-state index in [0.717, 1.165) is 6.07 Å². The Kier molecular flexibility index (Phi) is 2.85. The fourth-order valence-corrected chi connectivity index (χ4v) is 1.27. The van der Waals surface area contributed by atoms with E-state index in [0.29, 0.717) is 0 Å². The van der Waals surface area contributed by atoms with Crippen molar-refractivity contribution in [3.8, 4) is 0 Å². The lowest BCUT2D eigenvalue weighted by molar-refractivity contribution is 0.0986. The molecular formula is C7H6ClF2N3O. The maximum absolute atomic E-state index is 12.4. The maximum Gasteiger partial charge on any atom is 0.264 e. The van der Waals surface area contributed by atoms with Crippen molar-refractivity contribution in [1.82, 2.24) is 4.98 Å². The molecule has 1 amide bonds. The zero-order valence-corrected chi connectivity index (χ0v) is 7.55. The highest BCUT2D eigenvalue weighted by Crippen LogP contribution is 2.28. The summed E-state index contributed by atoms with van der Waals surface area (Å²) >= 11 is 5.45. The van der Waals surface area contributed by atoms with Gasteiger partial charge in [0.05, 0.1) is 5.56 Å². The first-order valence-electron chi connectivity index (χ1n) is 3.47. The zero-order chi connectivity index (χ0) is 10.9. The lowest BCUT2D eigenvalue weighted by Gasteiger charge is -2.07. The number of hydrogen-bond acceptors (Lipinski definition) is 3. The van der Waals surface area contributed by atoms with Gasteiger partial charge in [0, 0.05) is 5.56 Å². The largest absolute Gasteiger partial charge is 0.384 e. The lowest BCUT2D eigenvalue weighted by atomic mass is 10.1. The van der Waals surface area contributed by atoms with Crippen molar-refractivity contribution in [2.75, 3.05) is 5.73 Å². The number of halogens is 3. The molecule has 4 N–H and O–H groups in total. The molecule has 0 radical (unpaired) electrons. The minimum atomic E-state index is -2.87. The van der Waals surface area contributed by atoms with E-state index >= 15 is 0 Å². The van der Waals surface area contributed by atoms with Crippen molar-refractivity contribution in [3.05, 3.63) is 22.3 Å². The van der Waals surface area contributed by atoms with E-state index in [9.17, 15) is 13.6 Å². The smallest absolute Gasteiger partial charge is 0.264 e. The Morgan fingerprint density at radius 1 is 1.57 bits per heavy atom. The third-order valence-corrected chi connectivity index (χ3v) is 1.78. The van der Waals surface area contributed by atoms with Crippen molar-refractivity contribution < 1.29 is 13.6 Å². The molecule has 1 heterocycles. The number of hydrogen-bond donors (Lipinski definition) is 2. The molecule has 14 heavy (non-hydrogen) atoms. The number of rotatable bonds is 2. The molecule has 4 nitrogen and oxygen atoms in total. The number of pyridine rings is 1. The Bertz CT molecular complexity index is 383. The molecule has 0 saturated carbocycles. The summed E-state index contributed by atoms with van der Waals surface area (Å²) in [5.41, 5.74) is 8.96. The molecule has 0 aromatic carbocycles. The summed E-state index contributed by atoms with van der Waals surface area (Å²) < 4.78 is 24.8. The topological polar surface area (TPSA) is 82.0 Å². The number of nitrogens with two attached hydrogens (primary N) is 2. The van der Waals surface area contributed by atoms with Crippen LogP contribution in [0.25, 0.3) is 0 Å². The molecule has 0 atom stereocenters. The number of alkyl halides is 2. The standard InChI is InChI=1S/C7H6ClF2N3O/c8-5-4(7(12)14)2(6(9)10)1-3(11)13-5/h1,6H,(H2,11,13)(H2,12,14). The normalized spacial score (nSPS) is 10.6. The molecule has 1 aromatic rings. The SMILES string of the molecule is NC(=O)c1c(C(F)F)cc(N)nc1Cl. The van der Waals surface area contributed by atoms with Crippen LogP contribution in [0.15, 0.2) is 6.07 Å². The molecule has 1 rings (SSSR count). The Labute approximate surface area is 82.9 Å². The van der Waals surface area contributed by atoms with Gasteiger partial charge in [-0.2, -0.15) is 0 Å². The predicted octanol–water partition coefficient (Wildman–Crippen LogP) is 1.35.